The zero-order valence-corrected chi connectivity index (χ0v) is 18.8. The highest BCUT2D eigenvalue weighted by molar-refractivity contribution is 6.00. The molecule has 32 heavy (non-hydrogen) atoms. The van der Waals surface area contributed by atoms with Gasteiger partial charge in [0.1, 0.15) is 11.6 Å². The van der Waals surface area contributed by atoms with Crippen molar-refractivity contribution in [2.45, 2.75) is 19.4 Å². The van der Waals surface area contributed by atoms with Crippen molar-refractivity contribution >= 4 is 23.3 Å². The Morgan fingerprint density at radius 3 is 2.84 bits per heavy atom. The summed E-state index contributed by atoms with van der Waals surface area (Å²) in [5, 5.41) is 2.97. The number of hydrogen-bond acceptors (Lipinski definition) is 6. The van der Waals surface area contributed by atoms with Crippen molar-refractivity contribution in [3.8, 4) is 5.75 Å². The number of methoxy groups -OCH3 is 1. The van der Waals surface area contributed by atoms with Gasteiger partial charge in [-0.1, -0.05) is 12.1 Å². The number of ether oxygens (including phenoxy) is 1. The van der Waals surface area contributed by atoms with Gasteiger partial charge in [-0.25, -0.2) is 4.98 Å². The quantitative estimate of drug-likeness (QED) is 0.744. The summed E-state index contributed by atoms with van der Waals surface area (Å²) < 4.78 is 5.24. The summed E-state index contributed by atoms with van der Waals surface area (Å²) in [6, 6.07) is 11.4. The number of nitrogens with one attached hydrogen (secondary N) is 1. The fraction of sp³-hybridized carbons (Fsp3) is 0.458. The number of pyridine rings is 1. The van der Waals surface area contributed by atoms with Gasteiger partial charge in [0.2, 0.25) is 11.8 Å². The van der Waals surface area contributed by atoms with Crippen LogP contribution in [0.5, 0.6) is 5.75 Å². The number of anilines is 2. The first-order valence-electron chi connectivity index (χ1n) is 11.1. The first-order chi connectivity index (χ1) is 15.5. The van der Waals surface area contributed by atoms with Crippen LogP contribution in [0, 0.1) is 5.92 Å². The van der Waals surface area contributed by atoms with Crippen LogP contribution in [0.2, 0.25) is 0 Å². The number of carbonyl (C=O) groups excluding carboxylic acids is 2. The Labute approximate surface area is 189 Å². The van der Waals surface area contributed by atoms with E-state index in [-0.39, 0.29) is 24.2 Å². The van der Waals surface area contributed by atoms with Crippen LogP contribution in [-0.4, -0.2) is 68.6 Å². The Hall–Kier alpha value is -3.13. The molecule has 1 unspecified atom stereocenters. The second-order valence-electron chi connectivity index (χ2n) is 8.49. The molecule has 0 bridgehead atoms. The first kappa shape index (κ1) is 22.1. The molecule has 2 saturated heterocycles. The van der Waals surface area contributed by atoms with Crippen molar-refractivity contribution in [1.82, 2.24) is 15.2 Å². The van der Waals surface area contributed by atoms with Crippen molar-refractivity contribution in [3.05, 3.63) is 48.2 Å². The van der Waals surface area contributed by atoms with Gasteiger partial charge >= 0.3 is 0 Å². The largest absolute Gasteiger partial charge is 0.497 e. The van der Waals surface area contributed by atoms with Gasteiger partial charge in [-0.05, 0) is 43.8 Å². The van der Waals surface area contributed by atoms with Crippen molar-refractivity contribution < 1.29 is 14.3 Å². The van der Waals surface area contributed by atoms with E-state index in [2.05, 4.69) is 27.1 Å². The minimum atomic E-state index is -0.366. The fourth-order valence-corrected chi connectivity index (χ4v) is 4.23. The molecule has 2 aromatic rings. The third kappa shape index (κ3) is 5.19. The third-order valence-corrected chi connectivity index (χ3v) is 6.18. The molecule has 1 aromatic heterocycles. The van der Waals surface area contributed by atoms with Gasteiger partial charge < -0.3 is 24.8 Å². The highest BCUT2D eigenvalue weighted by atomic mass is 16.5. The Balaban J connectivity index is 1.30. The van der Waals surface area contributed by atoms with Crippen LogP contribution >= 0.6 is 0 Å². The molecule has 1 N–H and O–H groups in total. The monoisotopic (exact) mass is 437 g/mol. The molecule has 4 rings (SSSR count). The van der Waals surface area contributed by atoms with Crippen molar-refractivity contribution in [2.24, 2.45) is 5.92 Å². The molecule has 8 nitrogen and oxygen atoms in total. The predicted molar refractivity (Wildman–Crippen MR) is 124 cm³/mol. The van der Waals surface area contributed by atoms with Gasteiger partial charge in [0.15, 0.2) is 0 Å². The van der Waals surface area contributed by atoms with Gasteiger partial charge in [-0.15, -0.1) is 0 Å². The molecule has 0 radical (unpaired) electrons. The van der Waals surface area contributed by atoms with Crippen molar-refractivity contribution in [2.75, 3.05) is 56.7 Å². The van der Waals surface area contributed by atoms with E-state index in [0.29, 0.717) is 18.8 Å². The maximum Gasteiger partial charge on any atom is 0.227 e. The number of amides is 2. The van der Waals surface area contributed by atoms with E-state index >= 15 is 0 Å². The van der Waals surface area contributed by atoms with Crippen LogP contribution in [0.15, 0.2) is 42.6 Å². The number of nitrogens with zero attached hydrogens (tertiary/aromatic N) is 4. The summed E-state index contributed by atoms with van der Waals surface area (Å²) in [6.45, 7) is 4.90. The maximum atomic E-state index is 12.7. The lowest BCUT2D eigenvalue weighted by atomic mass is 10.1. The SMILES string of the molecule is COc1cccc(N2CC(C(=O)NCc3ccc(N4CCCN(C)CC4)nc3)CC2=O)c1. The van der Waals surface area contributed by atoms with E-state index in [4.69, 9.17) is 4.74 Å². The lowest BCUT2D eigenvalue weighted by Gasteiger charge is -2.21. The smallest absolute Gasteiger partial charge is 0.227 e. The second-order valence-corrected chi connectivity index (χ2v) is 8.49. The summed E-state index contributed by atoms with van der Waals surface area (Å²) in [4.78, 5) is 36.1. The fourth-order valence-electron chi connectivity index (χ4n) is 4.23. The van der Waals surface area contributed by atoms with Crippen LogP contribution < -0.4 is 19.9 Å². The summed E-state index contributed by atoms with van der Waals surface area (Å²) >= 11 is 0. The molecular formula is C24H31N5O3. The standard InChI is InChI=1S/C24H31N5O3/c1-27-9-4-10-28(12-11-27)22-8-7-18(15-25-22)16-26-24(31)19-13-23(30)29(17-19)20-5-3-6-21(14-20)32-2/h3,5-8,14-15,19H,4,9-13,16-17H2,1-2H3,(H,26,31). The Morgan fingerprint density at radius 1 is 1.19 bits per heavy atom. The van der Waals surface area contributed by atoms with Gasteiger partial charge in [-0.3, -0.25) is 9.59 Å². The molecule has 2 aliphatic heterocycles. The topological polar surface area (TPSA) is 78.0 Å². The lowest BCUT2D eigenvalue weighted by molar-refractivity contribution is -0.126. The van der Waals surface area contributed by atoms with Crippen molar-refractivity contribution in [3.63, 3.8) is 0 Å². The highest BCUT2D eigenvalue weighted by Gasteiger charge is 2.35. The van der Waals surface area contributed by atoms with Crippen LogP contribution in [0.4, 0.5) is 11.5 Å². The Kier molecular flexibility index (Phi) is 6.90. The molecule has 1 atom stereocenters. The number of rotatable bonds is 6. The number of benzene rings is 1. The predicted octanol–water partition coefficient (Wildman–Crippen LogP) is 1.90. The molecule has 0 aliphatic carbocycles. The number of hydrogen-bond donors (Lipinski definition) is 1. The Morgan fingerprint density at radius 2 is 2.06 bits per heavy atom. The molecule has 1 aromatic carbocycles. The molecule has 2 amide bonds. The summed E-state index contributed by atoms with van der Waals surface area (Å²) in [7, 11) is 3.74. The summed E-state index contributed by atoms with van der Waals surface area (Å²) in [5.74, 6) is 1.14. The van der Waals surface area contributed by atoms with Gasteiger partial charge in [0.05, 0.1) is 13.0 Å². The van der Waals surface area contributed by atoms with E-state index < -0.39 is 0 Å². The molecule has 3 heterocycles. The zero-order chi connectivity index (χ0) is 22.5. The second kappa shape index (κ2) is 9.99. The molecule has 2 fully saturated rings. The average molecular weight is 438 g/mol. The molecular weight excluding hydrogens is 406 g/mol. The van der Waals surface area contributed by atoms with E-state index in [9.17, 15) is 9.59 Å². The number of likely N-dealkylation sites (N-methyl/N-ethyl adjacent to an activating group) is 1. The maximum absolute atomic E-state index is 12.7. The number of aromatic nitrogens is 1. The van der Waals surface area contributed by atoms with E-state index in [0.717, 1.165) is 49.7 Å². The minimum absolute atomic E-state index is 0.0486. The minimum Gasteiger partial charge on any atom is -0.497 e. The van der Waals surface area contributed by atoms with Gasteiger partial charge in [-0.2, -0.15) is 0 Å². The van der Waals surface area contributed by atoms with Gasteiger partial charge in [0.25, 0.3) is 0 Å². The molecule has 8 heteroatoms. The normalized spacial score (nSPS) is 19.7. The molecule has 2 aliphatic rings. The molecule has 0 saturated carbocycles. The zero-order valence-electron chi connectivity index (χ0n) is 18.8. The first-order valence-corrected chi connectivity index (χ1v) is 11.1. The Bertz CT molecular complexity index is 949. The van der Waals surface area contributed by atoms with Crippen LogP contribution in [0.25, 0.3) is 0 Å². The van der Waals surface area contributed by atoms with Gasteiger partial charge in [0, 0.05) is 57.1 Å². The van der Waals surface area contributed by atoms with Crippen LogP contribution in [-0.2, 0) is 16.1 Å². The van der Waals surface area contributed by atoms with Crippen LogP contribution in [0.1, 0.15) is 18.4 Å². The van der Waals surface area contributed by atoms with Crippen molar-refractivity contribution in [1.29, 1.82) is 0 Å². The summed E-state index contributed by atoms with van der Waals surface area (Å²) in [5.41, 5.74) is 1.70. The number of carbonyl (C=O) groups is 2. The van der Waals surface area contributed by atoms with E-state index in [1.165, 1.54) is 0 Å². The third-order valence-electron chi connectivity index (χ3n) is 6.18. The van der Waals surface area contributed by atoms with Crippen LogP contribution in [0.3, 0.4) is 0 Å². The van der Waals surface area contributed by atoms with E-state index in [1.807, 2.05) is 42.6 Å². The molecule has 170 valence electrons. The van der Waals surface area contributed by atoms with E-state index in [1.54, 1.807) is 12.0 Å². The molecule has 0 spiro atoms. The lowest BCUT2D eigenvalue weighted by Crippen LogP contribution is -2.32. The average Bonchev–Trinajstić information content (AvgIpc) is 3.08. The highest BCUT2D eigenvalue weighted by Crippen LogP contribution is 2.28. The summed E-state index contributed by atoms with van der Waals surface area (Å²) in [6.07, 6.45) is 3.17.